The Kier molecular flexibility index (Phi) is 5.93. The van der Waals surface area contributed by atoms with Gasteiger partial charge in [0.05, 0.1) is 0 Å². The summed E-state index contributed by atoms with van der Waals surface area (Å²) < 4.78 is 0. The molecule has 0 saturated carbocycles. The predicted molar refractivity (Wildman–Crippen MR) is 127 cm³/mol. The van der Waals surface area contributed by atoms with Crippen LogP contribution in [0, 0.1) is 0 Å². The molecular weight excluding hydrogens is 398 g/mol. The van der Waals surface area contributed by atoms with Crippen LogP contribution in [0.3, 0.4) is 0 Å². The van der Waals surface area contributed by atoms with Gasteiger partial charge in [0.15, 0.2) is 0 Å². The van der Waals surface area contributed by atoms with Crippen molar-refractivity contribution >= 4 is 11.6 Å². The van der Waals surface area contributed by atoms with Gasteiger partial charge < -0.3 is 10.0 Å². The Hall–Kier alpha value is -3.15. The average Bonchev–Trinajstić information content (AvgIpc) is 3.26. The first-order valence-electron chi connectivity index (χ1n) is 11.4. The molecule has 1 fully saturated rings. The number of aromatic hydroxyl groups is 1. The largest absolute Gasteiger partial charge is 0.508 e. The van der Waals surface area contributed by atoms with Crippen LogP contribution in [0.5, 0.6) is 5.75 Å². The third kappa shape index (κ3) is 4.40. The van der Waals surface area contributed by atoms with Crippen LogP contribution in [0.4, 0.5) is 5.69 Å². The lowest BCUT2D eigenvalue weighted by atomic mass is 10.1. The molecule has 0 radical (unpaired) electrons. The zero-order valence-electron chi connectivity index (χ0n) is 18.3. The molecule has 0 bridgehead atoms. The molecule has 5 nitrogen and oxygen atoms in total. The molecule has 1 amide bonds. The first-order chi connectivity index (χ1) is 15.7. The zero-order valence-corrected chi connectivity index (χ0v) is 18.3. The number of para-hydroxylation sites is 2. The SMILES string of the molecule is O=C(c1ccc(CN2CCN(Cc3ccccc3O)CC2)cc1)N1CCc2ccccc21. The summed E-state index contributed by atoms with van der Waals surface area (Å²) in [6.45, 7) is 6.41. The number of fused-ring (bicyclic) bond motifs is 1. The number of phenolic OH excluding ortho intramolecular Hbond substituents is 1. The number of hydrogen-bond donors (Lipinski definition) is 1. The molecule has 5 heteroatoms. The molecule has 0 unspecified atom stereocenters. The molecule has 2 aliphatic rings. The third-order valence-corrected chi connectivity index (χ3v) is 6.59. The molecule has 1 N–H and O–H groups in total. The van der Waals surface area contributed by atoms with E-state index in [9.17, 15) is 9.90 Å². The second-order valence-corrected chi connectivity index (χ2v) is 8.71. The molecule has 0 aromatic heterocycles. The normalized spacial score (nSPS) is 16.8. The molecule has 32 heavy (non-hydrogen) atoms. The van der Waals surface area contributed by atoms with E-state index in [4.69, 9.17) is 0 Å². The van der Waals surface area contributed by atoms with Crippen LogP contribution in [0.2, 0.25) is 0 Å². The van der Waals surface area contributed by atoms with Crippen LogP contribution in [-0.4, -0.2) is 53.5 Å². The van der Waals surface area contributed by atoms with Crippen molar-refractivity contribution in [3.8, 4) is 5.75 Å². The van der Waals surface area contributed by atoms with Crippen LogP contribution in [0.1, 0.15) is 27.0 Å². The van der Waals surface area contributed by atoms with Gasteiger partial charge >= 0.3 is 0 Å². The lowest BCUT2D eigenvalue weighted by Crippen LogP contribution is -2.45. The van der Waals surface area contributed by atoms with Gasteiger partial charge in [-0.15, -0.1) is 0 Å². The van der Waals surface area contributed by atoms with E-state index < -0.39 is 0 Å². The van der Waals surface area contributed by atoms with Gasteiger partial charge in [-0.1, -0.05) is 48.5 Å². The molecular formula is C27H29N3O2. The number of nitrogens with zero attached hydrogens (tertiary/aromatic N) is 3. The van der Waals surface area contributed by atoms with Gasteiger partial charge in [0.25, 0.3) is 5.91 Å². The van der Waals surface area contributed by atoms with Gasteiger partial charge in [-0.3, -0.25) is 14.6 Å². The van der Waals surface area contributed by atoms with Gasteiger partial charge in [-0.25, -0.2) is 0 Å². The van der Waals surface area contributed by atoms with Crippen molar-refractivity contribution in [3.63, 3.8) is 0 Å². The maximum atomic E-state index is 13.0. The van der Waals surface area contributed by atoms with Crippen molar-refractivity contribution in [1.29, 1.82) is 0 Å². The Morgan fingerprint density at radius 2 is 1.41 bits per heavy atom. The summed E-state index contributed by atoms with van der Waals surface area (Å²) in [5.41, 5.74) is 5.26. The Morgan fingerprint density at radius 1 is 0.750 bits per heavy atom. The lowest BCUT2D eigenvalue weighted by molar-refractivity contribution is 0.0989. The monoisotopic (exact) mass is 427 g/mol. The minimum atomic E-state index is 0.0827. The van der Waals surface area contributed by atoms with Crippen molar-refractivity contribution in [2.24, 2.45) is 0 Å². The first-order valence-corrected chi connectivity index (χ1v) is 11.4. The Balaban J connectivity index is 1.15. The van der Waals surface area contributed by atoms with Gasteiger partial charge in [-0.05, 0) is 41.8 Å². The maximum Gasteiger partial charge on any atom is 0.258 e. The smallest absolute Gasteiger partial charge is 0.258 e. The summed E-state index contributed by atoms with van der Waals surface area (Å²) in [6, 6.07) is 23.9. The highest BCUT2D eigenvalue weighted by atomic mass is 16.3. The number of rotatable bonds is 5. The van der Waals surface area contributed by atoms with Crippen LogP contribution in [0.25, 0.3) is 0 Å². The molecule has 0 spiro atoms. The van der Waals surface area contributed by atoms with Crippen LogP contribution in [0.15, 0.2) is 72.8 Å². The molecule has 3 aromatic rings. The standard InChI is InChI=1S/C27H29N3O2/c31-26-8-4-2-6-24(26)20-29-17-15-28(16-18-29)19-21-9-11-23(12-10-21)27(32)30-14-13-22-5-1-3-7-25(22)30/h1-12,31H,13-20H2. The number of anilines is 1. The number of piperazine rings is 1. The van der Waals surface area contributed by atoms with Crippen molar-refractivity contribution < 1.29 is 9.90 Å². The van der Waals surface area contributed by atoms with Crippen molar-refractivity contribution in [2.75, 3.05) is 37.6 Å². The number of amides is 1. The van der Waals surface area contributed by atoms with E-state index in [1.165, 1.54) is 11.1 Å². The van der Waals surface area contributed by atoms with Gasteiger partial charge in [0.1, 0.15) is 5.75 Å². The topological polar surface area (TPSA) is 47.0 Å². The third-order valence-electron chi connectivity index (χ3n) is 6.59. The maximum absolute atomic E-state index is 13.0. The molecule has 0 atom stereocenters. The zero-order chi connectivity index (χ0) is 21.9. The average molecular weight is 428 g/mol. The highest BCUT2D eigenvalue weighted by Crippen LogP contribution is 2.29. The summed E-state index contributed by atoms with van der Waals surface area (Å²) in [6.07, 6.45) is 0.926. The molecule has 5 rings (SSSR count). The van der Waals surface area contributed by atoms with Gasteiger partial charge in [0.2, 0.25) is 0 Å². The minimum absolute atomic E-state index is 0.0827. The quantitative estimate of drug-likeness (QED) is 0.671. The van der Waals surface area contributed by atoms with Crippen LogP contribution >= 0.6 is 0 Å². The summed E-state index contributed by atoms with van der Waals surface area (Å²) in [7, 11) is 0. The fraction of sp³-hybridized carbons (Fsp3) is 0.296. The lowest BCUT2D eigenvalue weighted by Gasteiger charge is -2.34. The van der Waals surface area contributed by atoms with Gasteiger partial charge in [0, 0.05) is 62.6 Å². The molecule has 164 valence electrons. The predicted octanol–water partition coefficient (Wildman–Crippen LogP) is 3.91. The van der Waals surface area contributed by atoms with Gasteiger partial charge in [-0.2, -0.15) is 0 Å². The van der Waals surface area contributed by atoms with E-state index in [0.29, 0.717) is 5.75 Å². The Morgan fingerprint density at radius 3 is 2.16 bits per heavy atom. The summed E-state index contributed by atoms with van der Waals surface area (Å²) >= 11 is 0. The highest BCUT2D eigenvalue weighted by molar-refractivity contribution is 6.07. The molecule has 1 saturated heterocycles. The van der Waals surface area contributed by atoms with E-state index in [0.717, 1.165) is 69.0 Å². The van der Waals surface area contributed by atoms with E-state index >= 15 is 0 Å². The van der Waals surface area contributed by atoms with Crippen LogP contribution < -0.4 is 4.90 Å². The number of hydrogen-bond acceptors (Lipinski definition) is 4. The van der Waals surface area contributed by atoms with Crippen molar-refractivity contribution in [1.82, 2.24) is 9.80 Å². The molecule has 3 aromatic carbocycles. The summed E-state index contributed by atoms with van der Waals surface area (Å²) in [5, 5.41) is 10.0. The summed E-state index contributed by atoms with van der Waals surface area (Å²) in [5.74, 6) is 0.460. The van der Waals surface area contributed by atoms with Crippen molar-refractivity contribution in [2.45, 2.75) is 19.5 Å². The van der Waals surface area contributed by atoms with Crippen LogP contribution in [-0.2, 0) is 19.5 Å². The second kappa shape index (κ2) is 9.15. The van der Waals surface area contributed by atoms with E-state index in [-0.39, 0.29) is 5.91 Å². The Labute approximate surface area is 189 Å². The Bertz CT molecular complexity index is 1090. The fourth-order valence-electron chi connectivity index (χ4n) is 4.71. The molecule has 0 aliphatic carbocycles. The molecule has 2 heterocycles. The van der Waals surface area contributed by atoms with E-state index in [1.54, 1.807) is 6.07 Å². The number of benzene rings is 3. The number of carbonyl (C=O) groups is 1. The van der Waals surface area contributed by atoms with E-state index in [1.807, 2.05) is 53.4 Å². The fourth-order valence-corrected chi connectivity index (χ4v) is 4.71. The molecule has 2 aliphatic heterocycles. The van der Waals surface area contributed by atoms with Crippen molar-refractivity contribution in [3.05, 3.63) is 95.1 Å². The first kappa shape index (κ1) is 20.7. The second-order valence-electron chi connectivity index (χ2n) is 8.71. The highest BCUT2D eigenvalue weighted by Gasteiger charge is 2.25. The minimum Gasteiger partial charge on any atom is -0.508 e. The number of carbonyl (C=O) groups excluding carboxylic acids is 1. The summed E-state index contributed by atoms with van der Waals surface area (Å²) in [4.78, 5) is 19.8. The number of phenols is 1. The van der Waals surface area contributed by atoms with E-state index in [2.05, 4.69) is 28.0 Å².